The maximum absolute atomic E-state index is 12.5. The Morgan fingerprint density at radius 2 is 1.76 bits per heavy atom. The minimum absolute atomic E-state index is 0.122. The van der Waals surface area contributed by atoms with E-state index in [-0.39, 0.29) is 5.91 Å². The molecule has 110 valence electrons. The zero-order valence-corrected chi connectivity index (χ0v) is 14.6. The van der Waals surface area contributed by atoms with Crippen LogP contribution in [0.4, 0.5) is 5.69 Å². The highest BCUT2D eigenvalue weighted by Gasteiger charge is 2.14. The van der Waals surface area contributed by atoms with Gasteiger partial charge in [0.15, 0.2) is 0 Å². The van der Waals surface area contributed by atoms with Gasteiger partial charge in [0.05, 0.1) is 5.56 Å². The van der Waals surface area contributed by atoms with Crippen LogP contribution in [-0.2, 0) is 12.8 Å². The SMILES string of the molecule is CCc1cccc(CC)c1NC(=O)c1ccc(Br)cc1S. The molecule has 0 fully saturated rings. The Kier molecular flexibility index (Phi) is 5.48. The number of carbonyl (C=O) groups is 1. The fourth-order valence-corrected chi connectivity index (χ4v) is 3.13. The summed E-state index contributed by atoms with van der Waals surface area (Å²) in [5, 5.41) is 3.05. The first-order valence-corrected chi connectivity index (χ1v) is 8.21. The number of benzene rings is 2. The summed E-state index contributed by atoms with van der Waals surface area (Å²) in [6.45, 7) is 4.18. The molecular weight excluding hydrogens is 346 g/mol. The molecule has 0 aliphatic heterocycles. The summed E-state index contributed by atoms with van der Waals surface area (Å²) in [6, 6.07) is 11.6. The van der Waals surface area contributed by atoms with Crippen molar-refractivity contribution in [3.05, 3.63) is 57.6 Å². The van der Waals surface area contributed by atoms with Gasteiger partial charge in [-0.25, -0.2) is 0 Å². The van der Waals surface area contributed by atoms with E-state index in [1.54, 1.807) is 6.07 Å². The van der Waals surface area contributed by atoms with Crippen LogP contribution in [0.1, 0.15) is 35.3 Å². The number of nitrogens with one attached hydrogen (secondary N) is 1. The van der Waals surface area contributed by atoms with Gasteiger partial charge in [0, 0.05) is 15.1 Å². The van der Waals surface area contributed by atoms with Gasteiger partial charge >= 0.3 is 0 Å². The van der Waals surface area contributed by atoms with E-state index in [0.717, 1.165) is 34.1 Å². The lowest BCUT2D eigenvalue weighted by atomic mass is 10.0. The highest BCUT2D eigenvalue weighted by molar-refractivity contribution is 9.10. The van der Waals surface area contributed by atoms with Crippen molar-refractivity contribution in [1.29, 1.82) is 0 Å². The number of thiol groups is 1. The van der Waals surface area contributed by atoms with Crippen LogP contribution in [0.25, 0.3) is 0 Å². The monoisotopic (exact) mass is 363 g/mol. The molecule has 0 radical (unpaired) electrons. The molecule has 0 spiro atoms. The summed E-state index contributed by atoms with van der Waals surface area (Å²) < 4.78 is 0.909. The maximum atomic E-state index is 12.5. The summed E-state index contributed by atoms with van der Waals surface area (Å²) in [5.74, 6) is -0.122. The first-order chi connectivity index (χ1) is 10.1. The molecule has 0 aromatic heterocycles. The van der Waals surface area contributed by atoms with Crippen LogP contribution in [0.5, 0.6) is 0 Å². The fraction of sp³-hybridized carbons (Fsp3) is 0.235. The smallest absolute Gasteiger partial charge is 0.256 e. The Bertz CT molecular complexity index is 648. The van der Waals surface area contributed by atoms with Crippen molar-refractivity contribution >= 4 is 40.2 Å². The van der Waals surface area contributed by atoms with Crippen molar-refractivity contribution in [2.24, 2.45) is 0 Å². The van der Waals surface area contributed by atoms with Gasteiger partial charge in [0.2, 0.25) is 0 Å². The number of halogens is 1. The highest BCUT2D eigenvalue weighted by atomic mass is 79.9. The molecule has 0 aliphatic rings. The number of carbonyl (C=O) groups excluding carboxylic acids is 1. The predicted molar refractivity (Wildman–Crippen MR) is 94.5 cm³/mol. The van der Waals surface area contributed by atoms with Crippen molar-refractivity contribution in [2.75, 3.05) is 5.32 Å². The molecule has 2 nitrogen and oxygen atoms in total. The zero-order chi connectivity index (χ0) is 15.4. The highest BCUT2D eigenvalue weighted by Crippen LogP contribution is 2.25. The molecule has 0 saturated heterocycles. The molecule has 0 aliphatic carbocycles. The second-order valence-corrected chi connectivity index (χ2v) is 6.17. The number of hydrogen-bond donors (Lipinski definition) is 2. The average Bonchev–Trinajstić information content (AvgIpc) is 2.47. The Balaban J connectivity index is 2.35. The normalized spacial score (nSPS) is 10.5. The van der Waals surface area contributed by atoms with Crippen LogP contribution in [0.3, 0.4) is 0 Å². The molecule has 0 atom stereocenters. The lowest BCUT2D eigenvalue weighted by Crippen LogP contribution is -2.15. The molecule has 0 heterocycles. The van der Waals surface area contributed by atoms with E-state index in [2.05, 4.69) is 59.9 Å². The topological polar surface area (TPSA) is 29.1 Å². The summed E-state index contributed by atoms with van der Waals surface area (Å²) >= 11 is 7.76. The van der Waals surface area contributed by atoms with Crippen molar-refractivity contribution in [2.45, 2.75) is 31.6 Å². The number of aryl methyl sites for hydroxylation is 2. The number of rotatable bonds is 4. The summed E-state index contributed by atoms with van der Waals surface area (Å²) in [4.78, 5) is 13.2. The zero-order valence-electron chi connectivity index (χ0n) is 12.1. The minimum Gasteiger partial charge on any atom is -0.321 e. The van der Waals surface area contributed by atoms with E-state index < -0.39 is 0 Å². The number of amides is 1. The number of para-hydroxylation sites is 1. The fourth-order valence-electron chi connectivity index (χ4n) is 2.28. The molecule has 0 saturated carbocycles. The largest absolute Gasteiger partial charge is 0.321 e. The van der Waals surface area contributed by atoms with Gasteiger partial charge in [-0.1, -0.05) is 48.0 Å². The number of anilines is 1. The Morgan fingerprint density at radius 1 is 1.14 bits per heavy atom. The van der Waals surface area contributed by atoms with Gasteiger partial charge < -0.3 is 5.32 Å². The molecule has 2 aromatic rings. The van der Waals surface area contributed by atoms with Crippen LogP contribution in [0.2, 0.25) is 0 Å². The molecule has 4 heteroatoms. The van der Waals surface area contributed by atoms with Gasteiger partial charge in [-0.05, 0) is 42.2 Å². The van der Waals surface area contributed by atoms with E-state index in [1.165, 1.54) is 0 Å². The number of hydrogen-bond acceptors (Lipinski definition) is 2. The van der Waals surface area contributed by atoms with Crippen LogP contribution < -0.4 is 5.32 Å². The van der Waals surface area contributed by atoms with Crippen LogP contribution in [0, 0.1) is 0 Å². The molecular formula is C17H18BrNOS. The molecule has 1 amide bonds. The summed E-state index contributed by atoms with van der Waals surface area (Å²) in [7, 11) is 0. The Labute approximate surface area is 139 Å². The Morgan fingerprint density at radius 3 is 2.29 bits per heavy atom. The standard InChI is InChI=1S/C17H18BrNOS/c1-3-11-6-5-7-12(4-2)16(11)19-17(20)14-9-8-13(18)10-15(14)21/h5-10,21H,3-4H2,1-2H3,(H,19,20). The van der Waals surface area contributed by atoms with E-state index in [0.29, 0.717) is 10.5 Å². The van der Waals surface area contributed by atoms with Crippen LogP contribution in [0.15, 0.2) is 45.8 Å². The van der Waals surface area contributed by atoms with Crippen molar-refractivity contribution < 1.29 is 4.79 Å². The maximum Gasteiger partial charge on any atom is 0.256 e. The van der Waals surface area contributed by atoms with Gasteiger partial charge in [-0.15, -0.1) is 12.6 Å². The van der Waals surface area contributed by atoms with E-state index in [1.807, 2.05) is 18.2 Å². The first kappa shape index (κ1) is 16.1. The first-order valence-electron chi connectivity index (χ1n) is 6.97. The third kappa shape index (κ3) is 3.69. The average molecular weight is 364 g/mol. The van der Waals surface area contributed by atoms with E-state index in [9.17, 15) is 4.79 Å². The molecule has 1 N–H and O–H groups in total. The molecule has 21 heavy (non-hydrogen) atoms. The summed E-state index contributed by atoms with van der Waals surface area (Å²) in [6.07, 6.45) is 1.77. The van der Waals surface area contributed by atoms with Crippen LogP contribution >= 0.6 is 28.6 Å². The van der Waals surface area contributed by atoms with Gasteiger partial charge in [-0.2, -0.15) is 0 Å². The third-order valence-electron chi connectivity index (χ3n) is 3.44. The predicted octanol–water partition coefficient (Wildman–Crippen LogP) is 5.11. The van der Waals surface area contributed by atoms with Gasteiger partial charge in [0.1, 0.15) is 0 Å². The van der Waals surface area contributed by atoms with Gasteiger partial charge in [0.25, 0.3) is 5.91 Å². The molecule has 0 unspecified atom stereocenters. The lowest BCUT2D eigenvalue weighted by molar-refractivity contribution is 0.102. The van der Waals surface area contributed by atoms with Gasteiger partial charge in [-0.3, -0.25) is 4.79 Å². The van der Waals surface area contributed by atoms with Crippen molar-refractivity contribution in [3.63, 3.8) is 0 Å². The third-order valence-corrected chi connectivity index (χ3v) is 4.31. The second-order valence-electron chi connectivity index (χ2n) is 4.77. The van der Waals surface area contributed by atoms with E-state index in [4.69, 9.17) is 0 Å². The molecule has 2 aromatic carbocycles. The van der Waals surface area contributed by atoms with Crippen LogP contribution in [-0.4, -0.2) is 5.91 Å². The van der Waals surface area contributed by atoms with Crippen molar-refractivity contribution in [1.82, 2.24) is 0 Å². The second kappa shape index (κ2) is 7.14. The summed E-state index contributed by atoms with van der Waals surface area (Å²) in [5.41, 5.74) is 3.82. The Hall–Kier alpha value is -1.26. The lowest BCUT2D eigenvalue weighted by Gasteiger charge is -2.15. The minimum atomic E-state index is -0.122. The quantitative estimate of drug-likeness (QED) is 0.725. The molecule has 2 rings (SSSR count). The van der Waals surface area contributed by atoms with Crippen molar-refractivity contribution in [3.8, 4) is 0 Å². The molecule has 0 bridgehead atoms. The van der Waals surface area contributed by atoms with E-state index >= 15 is 0 Å².